The van der Waals surface area contributed by atoms with E-state index in [0.717, 1.165) is 32.0 Å². The molecular weight excluding hydrogens is 244 g/mol. The first kappa shape index (κ1) is 16.9. The maximum absolute atomic E-state index is 10.8. The monoisotopic (exact) mass is 264 g/mol. The van der Waals surface area contributed by atoms with Gasteiger partial charge in [-0.15, -0.1) is 0 Å². The zero-order valence-corrected chi connectivity index (χ0v) is 11.7. The molecule has 0 aliphatic rings. The molecule has 0 aliphatic heterocycles. The van der Waals surface area contributed by atoms with Gasteiger partial charge in [0.05, 0.1) is 0 Å². The summed E-state index contributed by atoms with van der Waals surface area (Å²) in [5.41, 5.74) is 3.62. The van der Waals surface area contributed by atoms with Crippen molar-refractivity contribution in [3.05, 3.63) is 69.6 Å². The highest BCUT2D eigenvalue weighted by molar-refractivity contribution is 5.11. The number of hydrogen-bond donors (Lipinski definition) is 0. The van der Waals surface area contributed by atoms with Crippen molar-refractivity contribution >= 4 is 0 Å². The minimum absolute atomic E-state index is 0. The summed E-state index contributed by atoms with van der Waals surface area (Å²) < 4.78 is 1.74. The molecule has 0 amide bonds. The van der Waals surface area contributed by atoms with Crippen molar-refractivity contribution in [3.8, 4) is 0 Å². The van der Waals surface area contributed by atoms with E-state index in [1.807, 2.05) is 39.8 Å². The van der Waals surface area contributed by atoms with Crippen LogP contribution in [0.25, 0.3) is 0 Å². The van der Waals surface area contributed by atoms with Gasteiger partial charge in [0.2, 0.25) is 0 Å². The molecule has 104 valence electrons. The smallest absolute Gasteiger partial charge is 0.192 e. The molecule has 0 saturated heterocycles. The third kappa shape index (κ3) is 4.56. The van der Waals surface area contributed by atoms with Crippen molar-refractivity contribution in [3.63, 3.8) is 0 Å². The van der Waals surface area contributed by atoms with E-state index in [4.69, 9.17) is 0 Å². The van der Waals surface area contributed by atoms with Crippen LogP contribution in [0, 0.1) is 38.1 Å². The Bertz CT molecular complexity index is 452. The minimum Gasteiger partial charge on any atom is -0.619 e. The van der Waals surface area contributed by atoms with Gasteiger partial charge < -0.3 is 15.9 Å². The van der Waals surface area contributed by atoms with Crippen LogP contribution in [0.1, 0.15) is 22.5 Å². The Kier molecular flexibility index (Phi) is 6.50. The van der Waals surface area contributed by atoms with E-state index in [9.17, 15) is 10.4 Å². The lowest BCUT2D eigenvalue weighted by Crippen LogP contribution is -2.29. The molecule has 0 atom stereocenters. The number of aromatic nitrogens is 2. The van der Waals surface area contributed by atoms with E-state index in [1.165, 1.54) is 12.4 Å². The molecule has 0 saturated carbocycles. The van der Waals surface area contributed by atoms with Gasteiger partial charge in [0.1, 0.15) is 0 Å². The van der Waals surface area contributed by atoms with Crippen LogP contribution in [-0.2, 0) is 0 Å². The van der Waals surface area contributed by atoms with Crippen LogP contribution in [0.5, 0.6) is 0 Å². The standard InChI is InChI=1S/2C7H9NO.H2O/c2*1-6-4-3-5-8(9)7(6)2;/h2*3-5H,1-2H3;1H2. The molecule has 0 bridgehead atoms. The summed E-state index contributed by atoms with van der Waals surface area (Å²) in [7, 11) is 0. The van der Waals surface area contributed by atoms with Crippen LogP contribution in [0.2, 0.25) is 0 Å². The number of rotatable bonds is 0. The highest BCUT2D eigenvalue weighted by atomic mass is 16.5. The number of nitrogens with zero attached hydrogens (tertiary/aromatic N) is 2. The molecule has 19 heavy (non-hydrogen) atoms. The SMILES string of the molecule is Cc1ccc[n+]([O-])c1C.Cc1ccc[n+]([O-])c1C.O. The fourth-order valence-electron chi connectivity index (χ4n) is 1.34. The molecule has 0 aliphatic carbocycles. The second-order valence-corrected chi connectivity index (χ2v) is 4.20. The predicted molar refractivity (Wildman–Crippen MR) is 73.4 cm³/mol. The minimum atomic E-state index is 0. The van der Waals surface area contributed by atoms with Crippen LogP contribution in [0.15, 0.2) is 36.7 Å². The summed E-state index contributed by atoms with van der Waals surface area (Å²) in [6, 6.07) is 7.33. The van der Waals surface area contributed by atoms with Crippen LogP contribution in [-0.4, -0.2) is 5.48 Å². The molecule has 2 aromatic heterocycles. The molecule has 2 heterocycles. The summed E-state index contributed by atoms with van der Waals surface area (Å²) in [6.07, 6.45) is 3.00. The topological polar surface area (TPSA) is 85.4 Å². The first-order valence-electron chi connectivity index (χ1n) is 5.74. The van der Waals surface area contributed by atoms with Gasteiger partial charge in [-0.2, -0.15) is 9.46 Å². The molecule has 5 nitrogen and oxygen atoms in total. The van der Waals surface area contributed by atoms with Crippen molar-refractivity contribution in [2.75, 3.05) is 0 Å². The van der Waals surface area contributed by atoms with Gasteiger partial charge >= 0.3 is 0 Å². The van der Waals surface area contributed by atoms with Crippen molar-refractivity contribution in [2.24, 2.45) is 0 Å². The average molecular weight is 264 g/mol. The van der Waals surface area contributed by atoms with E-state index in [2.05, 4.69) is 0 Å². The van der Waals surface area contributed by atoms with Gasteiger partial charge in [0.15, 0.2) is 23.8 Å². The Hall–Kier alpha value is -2.14. The molecule has 2 N–H and O–H groups in total. The second-order valence-electron chi connectivity index (χ2n) is 4.20. The molecule has 0 aromatic carbocycles. The number of aryl methyl sites for hydroxylation is 2. The normalized spacial score (nSPS) is 9.05. The molecule has 0 radical (unpaired) electrons. The van der Waals surface area contributed by atoms with E-state index in [0.29, 0.717) is 0 Å². The Morgan fingerprint density at radius 1 is 0.737 bits per heavy atom. The second kappa shape index (κ2) is 7.33. The summed E-state index contributed by atoms with van der Waals surface area (Å²) >= 11 is 0. The quantitative estimate of drug-likeness (QED) is 0.526. The molecule has 0 fully saturated rings. The van der Waals surface area contributed by atoms with Crippen LogP contribution in [0.4, 0.5) is 0 Å². The van der Waals surface area contributed by atoms with Crippen molar-refractivity contribution in [1.82, 2.24) is 0 Å². The van der Waals surface area contributed by atoms with Crippen LogP contribution >= 0.6 is 0 Å². The average Bonchev–Trinajstić information content (AvgIpc) is 2.34. The number of pyridine rings is 2. The maximum Gasteiger partial charge on any atom is 0.192 e. The Balaban J connectivity index is 0.000000324. The van der Waals surface area contributed by atoms with Crippen molar-refractivity contribution in [1.29, 1.82) is 0 Å². The largest absolute Gasteiger partial charge is 0.619 e. The zero-order valence-electron chi connectivity index (χ0n) is 11.7. The van der Waals surface area contributed by atoms with Gasteiger partial charge in [0, 0.05) is 37.1 Å². The van der Waals surface area contributed by atoms with E-state index >= 15 is 0 Å². The zero-order chi connectivity index (χ0) is 13.7. The lowest BCUT2D eigenvalue weighted by Gasteiger charge is -2.00. The molecule has 0 unspecified atom stereocenters. The Morgan fingerprint density at radius 2 is 1.05 bits per heavy atom. The van der Waals surface area contributed by atoms with Crippen LogP contribution < -0.4 is 9.46 Å². The fourth-order valence-corrected chi connectivity index (χ4v) is 1.34. The Labute approximate surface area is 113 Å². The fraction of sp³-hybridized carbons (Fsp3) is 0.286. The van der Waals surface area contributed by atoms with E-state index in [-0.39, 0.29) is 5.48 Å². The van der Waals surface area contributed by atoms with E-state index in [1.54, 1.807) is 12.1 Å². The van der Waals surface area contributed by atoms with Gasteiger partial charge in [-0.25, -0.2) is 0 Å². The summed E-state index contributed by atoms with van der Waals surface area (Å²) in [5.74, 6) is 0. The summed E-state index contributed by atoms with van der Waals surface area (Å²) in [6.45, 7) is 7.46. The van der Waals surface area contributed by atoms with Gasteiger partial charge in [-0.3, -0.25) is 0 Å². The lowest BCUT2D eigenvalue weighted by molar-refractivity contribution is -0.612. The van der Waals surface area contributed by atoms with E-state index < -0.39 is 0 Å². The molecule has 0 spiro atoms. The van der Waals surface area contributed by atoms with Crippen LogP contribution in [0.3, 0.4) is 0 Å². The molecule has 5 heteroatoms. The molecule has 2 rings (SSSR count). The predicted octanol–water partition coefficient (Wildman–Crippen LogP) is 1.05. The van der Waals surface area contributed by atoms with Gasteiger partial charge in [-0.1, -0.05) is 0 Å². The number of hydrogen-bond acceptors (Lipinski definition) is 2. The summed E-state index contributed by atoms with van der Waals surface area (Å²) in [5, 5.41) is 21.5. The first-order chi connectivity index (χ1) is 8.43. The van der Waals surface area contributed by atoms with Crippen molar-refractivity contribution < 1.29 is 14.9 Å². The Morgan fingerprint density at radius 3 is 1.26 bits per heavy atom. The van der Waals surface area contributed by atoms with Crippen molar-refractivity contribution in [2.45, 2.75) is 27.7 Å². The third-order valence-electron chi connectivity index (χ3n) is 2.94. The maximum atomic E-state index is 10.8. The summed E-state index contributed by atoms with van der Waals surface area (Å²) in [4.78, 5) is 0. The first-order valence-corrected chi connectivity index (χ1v) is 5.74. The van der Waals surface area contributed by atoms with Gasteiger partial charge in [-0.05, 0) is 26.0 Å². The molecular formula is C14H20N2O3. The highest BCUT2D eigenvalue weighted by Gasteiger charge is 1.98. The van der Waals surface area contributed by atoms with Gasteiger partial charge in [0.25, 0.3) is 0 Å². The lowest BCUT2D eigenvalue weighted by atomic mass is 10.2. The highest BCUT2D eigenvalue weighted by Crippen LogP contribution is 1.97. The third-order valence-corrected chi connectivity index (χ3v) is 2.94. The molecule has 2 aromatic rings.